The van der Waals surface area contributed by atoms with Gasteiger partial charge in [0.05, 0.1) is 10.0 Å². The zero-order valence-electron chi connectivity index (χ0n) is 10.6. The number of ether oxygens (including phenoxy) is 1. The van der Waals surface area contributed by atoms with Crippen LogP contribution in [0.4, 0.5) is 0 Å². The van der Waals surface area contributed by atoms with Crippen molar-refractivity contribution in [3.8, 4) is 5.75 Å². The van der Waals surface area contributed by atoms with Gasteiger partial charge in [-0.05, 0) is 19.2 Å². The molecule has 3 rings (SSSR count). The minimum Gasteiger partial charge on any atom is -0.490 e. The van der Waals surface area contributed by atoms with Crippen LogP contribution in [0.25, 0.3) is 0 Å². The largest absolute Gasteiger partial charge is 0.490 e. The van der Waals surface area contributed by atoms with E-state index in [4.69, 9.17) is 27.9 Å². The quantitative estimate of drug-likeness (QED) is 0.757. The van der Waals surface area contributed by atoms with Gasteiger partial charge in [0.2, 0.25) is 0 Å². The fourth-order valence-electron chi connectivity index (χ4n) is 2.74. The van der Waals surface area contributed by atoms with Crippen LogP contribution in [0.1, 0.15) is 12.8 Å². The lowest BCUT2D eigenvalue weighted by Crippen LogP contribution is -2.44. The van der Waals surface area contributed by atoms with E-state index in [2.05, 4.69) is 24.1 Å². The van der Waals surface area contributed by atoms with Crippen molar-refractivity contribution >= 4 is 35.6 Å². The van der Waals surface area contributed by atoms with Gasteiger partial charge in [0.25, 0.3) is 0 Å². The van der Waals surface area contributed by atoms with Gasteiger partial charge in [-0.3, -0.25) is 4.90 Å². The molecule has 104 valence electrons. The second-order valence-electron chi connectivity index (χ2n) is 4.97. The van der Waals surface area contributed by atoms with E-state index in [0.29, 0.717) is 22.1 Å². The van der Waals surface area contributed by atoms with Gasteiger partial charge in [0.15, 0.2) is 0 Å². The number of hydrogen-bond donors (Lipinski definition) is 0. The number of hydrogen-bond acceptors (Lipinski definition) is 2. The molecule has 5 heteroatoms. The number of nitrogens with zero attached hydrogens (tertiary/aromatic N) is 1. The van der Waals surface area contributed by atoms with E-state index in [1.807, 2.05) is 6.07 Å². The zero-order chi connectivity index (χ0) is 12.7. The summed E-state index contributed by atoms with van der Waals surface area (Å²) in [4.78, 5) is 2.40. The van der Waals surface area contributed by atoms with Gasteiger partial charge in [0, 0.05) is 31.0 Å². The third-order valence-electron chi connectivity index (χ3n) is 3.80. The molecule has 2 bridgehead atoms. The van der Waals surface area contributed by atoms with Gasteiger partial charge in [0.1, 0.15) is 11.9 Å². The molecule has 0 aliphatic carbocycles. The number of fused-ring (bicyclic) bond motifs is 2. The summed E-state index contributed by atoms with van der Waals surface area (Å²) in [7, 11) is 2.17. The number of benzene rings is 1. The van der Waals surface area contributed by atoms with E-state index in [9.17, 15) is 0 Å². The lowest BCUT2D eigenvalue weighted by molar-refractivity contribution is 0.0752. The van der Waals surface area contributed by atoms with Gasteiger partial charge < -0.3 is 4.74 Å². The summed E-state index contributed by atoms with van der Waals surface area (Å²) in [5.74, 6) is 0.804. The Bertz CT molecular complexity index is 476. The average Bonchev–Trinajstić information content (AvgIpc) is 2.58. The molecule has 0 amide bonds. The van der Waals surface area contributed by atoms with E-state index < -0.39 is 0 Å². The highest BCUT2D eigenvalue weighted by molar-refractivity contribution is 6.42. The standard InChI is InChI=1S/C14H15Cl2NO.ClH/c1-17-9-2-3-10(17)7-12(6-9)18-11-4-5-13(15)14(16)8-11;/h2-5,8-10,12H,6-7H2,1H3;1H/t9-,10+,12-;. The highest BCUT2D eigenvalue weighted by Crippen LogP contribution is 2.33. The Kier molecular flexibility index (Phi) is 4.67. The Morgan fingerprint density at radius 2 is 1.74 bits per heavy atom. The molecule has 1 aromatic rings. The maximum absolute atomic E-state index is 6.01. The van der Waals surface area contributed by atoms with Gasteiger partial charge in [-0.1, -0.05) is 35.4 Å². The van der Waals surface area contributed by atoms with Crippen LogP contribution in [-0.4, -0.2) is 30.1 Å². The molecule has 0 spiro atoms. The number of halogens is 3. The molecule has 2 aliphatic heterocycles. The third-order valence-corrected chi connectivity index (χ3v) is 4.54. The predicted octanol–water partition coefficient (Wildman–Crippen LogP) is 4.20. The van der Waals surface area contributed by atoms with Crippen molar-refractivity contribution in [3.63, 3.8) is 0 Å². The zero-order valence-corrected chi connectivity index (χ0v) is 12.9. The number of rotatable bonds is 2. The Morgan fingerprint density at radius 1 is 1.11 bits per heavy atom. The first-order valence-corrected chi connectivity index (χ1v) is 6.91. The first-order chi connectivity index (χ1) is 8.63. The fourth-order valence-corrected chi connectivity index (χ4v) is 3.03. The summed E-state index contributed by atoms with van der Waals surface area (Å²) in [5.41, 5.74) is 0. The summed E-state index contributed by atoms with van der Waals surface area (Å²) in [6.45, 7) is 0. The van der Waals surface area contributed by atoms with Crippen molar-refractivity contribution in [1.29, 1.82) is 0 Å². The molecule has 2 heterocycles. The van der Waals surface area contributed by atoms with Crippen LogP contribution in [-0.2, 0) is 0 Å². The highest BCUT2D eigenvalue weighted by atomic mass is 35.5. The molecule has 19 heavy (non-hydrogen) atoms. The van der Waals surface area contributed by atoms with Crippen molar-refractivity contribution in [2.24, 2.45) is 0 Å². The summed E-state index contributed by atoms with van der Waals surface area (Å²) < 4.78 is 6.01. The molecule has 3 atom stereocenters. The summed E-state index contributed by atoms with van der Waals surface area (Å²) in [6, 6.07) is 6.47. The predicted molar refractivity (Wildman–Crippen MR) is 81.8 cm³/mol. The van der Waals surface area contributed by atoms with Crippen LogP contribution in [0, 0.1) is 0 Å². The summed E-state index contributed by atoms with van der Waals surface area (Å²) in [5, 5.41) is 1.11. The normalized spacial score (nSPS) is 29.1. The Labute approximate surface area is 129 Å². The van der Waals surface area contributed by atoms with Crippen molar-refractivity contribution < 1.29 is 4.74 Å². The lowest BCUT2D eigenvalue weighted by Gasteiger charge is -2.36. The van der Waals surface area contributed by atoms with Gasteiger partial charge >= 0.3 is 0 Å². The second-order valence-corrected chi connectivity index (χ2v) is 5.79. The summed E-state index contributed by atoms with van der Waals surface area (Å²) >= 11 is 11.9. The summed E-state index contributed by atoms with van der Waals surface area (Å²) in [6.07, 6.45) is 6.88. The molecular weight excluding hydrogens is 305 g/mol. The minimum absolute atomic E-state index is 0. The van der Waals surface area contributed by atoms with Crippen molar-refractivity contribution in [2.45, 2.75) is 31.0 Å². The molecule has 1 fully saturated rings. The van der Waals surface area contributed by atoms with Gasteiger partial charge in [-0.2, -0.15) is 0 Å². The molecule has 0 unspecified atom stereocenters. The van der Waals surface area contributed by atoms with Crippen LogP contribution in [0.2, 0.25) is 10.0 Å². The first-order valence-electron chi connectivity index (χ1n) is 6.15. The molecule has 2 aliphatic rings. The topological polar surface area (TPSA) is 12.5 Å². The maximum Gasteiger partial charge on any atom is 0.121 e. The smallest absolute Gasteiger partial charge is 0.121 e. The van der Waals surface area contributed by atoms with Gasteiger partial charge in [-0.15, -0.1) is 12.4 Å². The molecule has 2 nitrogen and oxygen atoms in total. The molecule has 0 N–H and O–H groups in total. The van der Waals surface area contributed by atoms with Gasteiger partial charge in [-0.25, -0.2) is 0 Å². The van der Waals surface area contributed by atoms with E-state index in [1.54, 1.807) is 12.1 Å². The SMILES string of the molecule is CN1[C@@H]2C=C[C@H]1C[C@H](Oc1ccc(Cl)c(Cl)c1)C2.Cl. The first kappa shape index (κ1) is 15.0. The maximum atomic E-state index is 6.01. The monoisotopic (exact) mass is 319 g/mol. The minimum atomic E-state index is 0. The third kappa shape index (κ3) is 3.03. The van der Waals surface area contributed by atoms with Crippen molar-refractivity contribution in [3.05, 3.63) is 40.4 Å². The van der Waals surface area contributed by atoms with E-state index in [0.717, 1.165) is 18.6 Å². The lowest BCUT2D eigenvalue weighted by atomic mass is 9.99. The van der Waals surface area contributed by atoms with Crippen LogP contribution >= 0.6 is 35.6 Å². The molecule has 0 aromatic heterocycles. The molecule has 0 saturated carbocycles. The van der Waals surface area contributed by atoms with Crippen molar-refractivity contribution in [1.82, 2.24) is 4.90 Å². The Balaban J connectivity index is 0.00000133. The number of likely N-dealkylation sites (N-methyl/N-ethyl adjacent to an activating group) is 1. The number of piperidine rings is 1. The van der Waals surface area contributed by atoms with Crippen LogP contribution in [0.5, 0.6) is 5.75 Å². The van der Waals surface area contributed by atoms with E-state index in [-0.39, 0.29) is 18.5 Å². The van der Waals surface area contributed by atoms with Crippen molar-refractivity contribution in [2.75, 3.05) is 7.05 Å². The molecule has 1 saturated heterocycles. The highest BCUT2D eigenvalue weighted by Gasteiger charge is 2.35. The van der Waals surface area contributed by atoms with E-state index >= 15 is 0 Å². The van der Waals surface area contributed by atoms with E-state index in [1.165, 1.54) is 0 Å². The molecule has 1 aromatic carbocycles. The molecule has 0 radical (unpaired) electrons. The Morgan fingerprint density at radius 3 is 2.32 bits per heavy atom. The molecular formula is C14H16Cl3NO. The van der Waals surface area contributed by atoms with Crippen LogP contribution < -0.4 is 4.74 Å². The van der Waals surface area contributed by atoms with Crippen LogP contribution in [0.3, 0.4) is 0 Å². The Hall–Kier alpha value is -0.410. The fraction of sp³-hybridized carbons (Fsp3) is 0.429. The second kappa shape index (κ2) is 5.92. The average molecular weight is 321 g/mol. The van der Waals surface area contributed by atoms with Crippen LogP contribution in [0.15, 0.2) is 30.4 Å².